The second-order valence-corrected chi connectivity index (χ2v) is 12.8. The van der Waals surface area contributed by atoms with E-state index in [1.54, 1.807) is 25.6 Å². The number of hydrogen-bond donors (Lipinski definition) is 6. The fraction of sp³-hybridized carbons (Fsp3) is 0.412. The molecule has 46 heavy (non-hydrogen) atoms. The molecule has 2 atom stereocenters. The van der Waals surface area contributed by atoms with Crippen molar-refractivity contribution in [1.82, 2.24) is 30.6 Å². The lowest BCUT2D eigenvalue weighted by molar-refractivity contribution is -0.123. The van der Waals surface area contributed by atoms with Gasteiger partial charge in [0.1, 0.15) is 23.1 Å². The summed E-state index contributed by atoms with van der Waals surface area (Å²) in [5.41, 5.74) is 3.90. The molecular weight excluding hydrogens is 604 g/mol. The highest BCUT2D eigenvalue weighted by Crippen LogP contribution is 2.49. The number of nitrogens with one attached hydrogen (secondary N) is 4. The average Bonchev–Trinajstić information content (AvgIpc) is 3.69. The molecule has 3 heterocycles. The molecule has 0 bridgehead atoms. The van der Waals surface area contributed by atoms with Gasteiger partial charge in [-0.1, -0.05) is 17.8 Å². The van der Waals surface area contributed by atoms with Crippen molar-refractivity contribution in [2.45, 2.75) is 87.2 Å². The predicted molar refractivity (Wildman–Crippen MR) is 177 cm³/mol. The lowest BCUT2D eigenvalue weighted by Gasteiger charge is -2.20. The number of aromatic amines is 2. The molecule has 6 N–H and O–H groups in total. The second kappa shape index (κ2) is 15.9. The van der Waals surface area contributed by atoms with Gasteiger partial charge >= 0.3 is 0 Å². The SMILES string of the molecule is CC(O)CC(=O)NCCCCc1ncc(-c2ccc3c(c2)Oc2ccc(-c4cnc(CCCCNC(=O)CC(C)O)[nH]4)cc2S3)[nH]1. The molecule has 0 radical (unpaired) electrons. The molecule has 11 nitrogen and oxygen atoms in total. The minimum atomic E-state index is -0.627. The number of amides is 2. The van der Waals surface area contributed by atoms with Crippen LogP contribution in [-0.2, 0) is 22.4 Å². The Balaban J connectivity index is 1.11. The molecule has 0 spiro atoms. The number of ether oxygens (including phenoxy) is 1. The summed E-state index contributed by atoms with van der Waals surface area (Å²) < 4.78 is 6.32. The van der Waals surface area contributed by atoms with Crippen molar-refractivity contribution in [2.75, 3.05) is 13.1 Å². The fourth-order valence-electron chi connectivity index (χ4n) is 5.16. The summed E-state index contributed by atoms with van der Waals surface area (Å²) in [4.78, 5) is 41.3. The Morgan fingerprint density at radius 2 is 1.30 bits per heavy atom. The van der Waals surface area contributed by atoms with Crippen LogP contribution in [0, 0.1) is 0 Å². The Kier molecular flexibility index (Phi) is 11.5. The van der Waals surface area contributed by atoms with Crippen LogP contribution >= 0.6 is 11.8 Å². The number of H-pyrrole nitrogens is 2. The first-order valence-corrected chi connectivity index (χ1v) is 16.7. The van der Waals surface area contributed by atoms with E-state index in [1.165, 1.54) is 0 Å². The van der Waals surface area contributed by atoms with E-state index in [9.17, 15) is 19.8 Å². The Hall–Kier alpha value is -4.13. The number of fused-ring (bicyclic) bond motifs is 2. The van der Waals surface area contributed by atoms with E-state index in [4.69, 9.17) is 4.74 Å². The monoisotopic (exact) mass is 646 g/mol. The fourth-order valence-corrected chi connectivity index (χ4v) is 6.13. The molecule has 2 aromatic carbocycles. The van der Waals surface area contributed by atoms with Crippen molar-refractivity contribution >= 4 is 23.6 Å². The smallest absolute Gasteiger partial charge is 0.222 e. The van der Waals surface area contributed by atoms with E-state index in [1.807, 2.05) is 30.6 Å². The van der Waals surface area contributed by atoms with Gasteiger partial charge < -0.3 is 35.6 Å². The van der Waals surface area contributed by atoms with Crippen molar-refractivity contribution < 1.29 is 24.5 Å². The van der Waals surface area contributed by atoms with Crippen molar-refractivity contribution in [3.63, 3.8) is 0 Å². The molecule has 2 unspecified atom stereocenters. The number of rotatable bonds is 16. The average molecular weight is 647 g/mol. The quantitative estimate of drug-likeness (QED) is 0.0802. The van der Waals surface area contributed by atoms with Crippen molar-refractivity contribution in [2.24, 2.45) is 0 Å². The summed E-state index contributed by atoms with van der Waals surface area (Å²) in [6.45, 7) is 4.38. The molecule has 244 valence electrons. The van der Waals surface area contributed by atoms with Crippen molar-refractivity contribution in [1.29, 1.82) is 0 Å². The number of nitrogens with zero attached hydrogens (tertiary/aromatic N) is 2. The molecule has 0 fully saturated rings. The highest BCUT2D eigenvalue weighted by atomic mass is 32.2. The van der Waals surface area contributed by atoms with Gasteiger partial charge in [-0.05, 0) is 69.9 Å². The third-order valence-corrected chi connectivity index (χ3v) is 8.59. The van der Waals surface area contributed by atoms with Gasteiger partial charge in [0.05, 0.1) is 58.6 Å². The maximum atomic E-state index is 11.7. The van der Waals surface area contributed by atoms with Crippen LogP contribution in [-0.4, -0.2) is 67.3 Å². The molecular formula is C34H42N6O5S. The molecule has 2 amide bonds. The molecule has 0 aliphatic carbocycles. The number of aromatic nitrogens is 4. The number of hydrogen-bond acceptors (Lipinski definition) is 8. The van der Waals surface area contributed by atoms with Gasteiger partial charge in [0.15, 0.2) is 0 Å². The van der Waals surface area contributed by atoms with Crippen LogP contribution in [0.2, 0.25) is 0 Å². The molecule has 0 saturated heterocycles. The first-order chi connectivity index (χ1) is 22.2. The van der Waals surface area contributed by atoms with Gasteiger partial charge in [0.25, 0.3) is 0 Å². The Bertz CT molecular complexity index is 1510. The van der Waals surface area contributed by atoms with Crippen LogP contribution in [0.3, 0.4) is 0 Å². The summed E-state index contributed by atoms with van der Waals surface area (Å²) in [5.74, 6) is 3.16. The molecule has 12 heteroatoms. The minimum Gasteiger partial charge on any atom is -0.455 e. The number of unbranched alkanes of at least 4 members (excludes halogenated alkanes) is 2. The van der Waals surface area contributed by atoms with Crippen molar-refractivity contribution in [3.8, 4) is 34.0 Å². The summed E-state index contributed by atoms with van der Waals surface area (Å²) >= 11 is 1.67. The third-order valence-electron chi connectivity index (χ3n) is 7.49. The summed E-state index contributed by atoms with van der Waals surface area (Å²) in [5, 5.41) is 24.2. The van der Waals surface area contributed by atoms with Crippen LogP contribution in [0.1, 0.15) is 64.0 Å². The molecule has 5 rings (SSSR count). The van der Waals surface area contributed by atoms with Gasteiger partial charge in [-0.3, -0.25) is 9.59 Å². The van der Waals surface area contributed by atoms with Crippen LogP contribution in [0.15, 0.2) is 58.6 Å². The van der Waals surface area contributed by atoms with E-state index >= 15 is 0 Å². The standard InChI is InChI=1S/C34H42N6O5S/c1-21(41)15-33(43)35-13-5-3-7-31-37-19-25(39-31)23-10-12-29-28(17-23)45-27-11-9-24(18-30(27)46-29)26-20-38-32(40-26)8-4-6-14-36-34(44)16-22(2)42/h9-12,17-22,41-42H,3-8,13-16H2,1-2H3,(H,35,43)(H,36,44)(H,37,39)(H,38,40). The summed E-state index contributed by atoms with van der Waals surface area (Å²) in [6, 6.07) is 12.3. The highest BCUT2D eigenvalue weighted by Gasteiger charge is 2.20. The van der Waals surface area contributed by atoms with Crippen LogP contribution in [0.4, 0.5) is 0 Å². The molecule has 2 aromatic heterocycles. The van der Waals surface area contributed by atoms with Gasteiger partial charge in [-0.2, -0.15) is 0 Å². The Morgan fingerprint density at radius 3 is 1.87 bits per heavy atom. The van der Waals surface area contributed by atoms with Gasteiger partial charge in [-0.15, -0.1) is 0 Å². The van der Waals surface area contributed by atoms with E-state index in [0.29, 0.717) is 13.1 Å². The van der Waals surface area contributed by atoms with Crippen molar-refractivity contribution in [3.05, 3.63) is 60.4 Å². The number of carbonyl (C=O) groups excluding carboxylic acids is 2. The number of carbonyl (C=O) groups is 2. The first kappa shape index (κ1) is 33.2. The number of aliphatic hydroxyl groups excluding tert-OH is 2. The van der Waals surface area contributed by atoms with Crippen LogP contribution < -0.4 is 15.4 Å². The normalized spacial score (nSPS) is 13.3. The zero-order valence-electron chi connectivity index (χ0n) is 26.3. The first-order valence-electron chi connectivity index (χ1n) is 15.9. The lowest BCUT2D eigenvalue weighted by atomic mass is 10.1. The predicted octanol–water partition coefficient (Wildman–Crippen LogP) is 5.14. The zero-order valence-corrected chi connectivity index (χ0v) is 27.1. The molecule has 4 aromatic rings. The summed E-state index contributed by atoms with van der Waals surface area (Å²) in [6.07, 6.45) is 7.72. The molecule has 1 aliphatic rings. The van der Waals surface area contributed by atoms with E-state index in [2.05, 4.69) is 48.8 Å². The van der Waals surface area contributed by atoms with E-state index < -0.39 is 12.2 Å². The van der Waals surface area contributed by atoms with Gasteiger partial charge in [0.2, 0.25) is 11.8 Å². The van der Waals surface area contributed by atoms with E-state index in [0.717, 1.165) is 94.0 Å². The number of imidazole rings is 2. The van der Waals surface area contributed by atoms with Crippen LogP contribution in [0.5, 0.6) is 11.5 Å². The van der Waals surface area contributed by atoms with Gasteiger partial charge in [0, 0.05) is 37.1 Å². The highest BCUT2D eigenvalue weighted by molar-refractivity contribution is 7.99. The second-order valence-electron chi connectivity index (χ2n) is 11.7. The Morgan fingerprint density at radius 1 is 0.761 bits per heavy atom. The maximum Gasteiger partial charge on any atom is 0.222 e. The van der Waals surface area contributed by atoms with E-state index in [-0.39, 0.29) is 24.7 Å². The minimum absolute atomic E-state index is 0.127. The largest absolute Gasteiger partial charge is 0.455 e. The number of benzene rings is 2. The zero-order chi connectivity index (χ0) is 32.5. The molecule has 1 aliphatic heterocycles. The lowest BCUT2D eigenvalue weighted by Crippen LogP contribution is -2.27. The van der Waals surface area contributed by atoms with Gasteiger partial charge in [-0.25, -0.2) is 9.97 Å². The number of aryl methyl sites for hydroxylation is 2. The third kappa shape index (κ3) is 9.44. The molecule has 0 saturated carbocycles. The maximum absolute atomic E-state index is 11.7. The number of aliphatic hydroxyl groups is 2. The topological polar surface area (TPSA) is 165 Å². The Labute approximate surface area is 273 Å². The summed E-state index contributed by atoms with van der Waals surface area (Å²) in [7, 11) is 0. The van der Waals surface area contributed by atoms with Crippen LogP contribution in [0.25, 0.3) is 22.5 Å².